The minimum absolute atomic E-state index is 0.0652. The number of rotatable bonds is 8. The molecule has 1 aliphatic carbocycles. The molecule has 0 spiro atoms. The van der Waals surface area contributed by atoms with E-state index in [-0.39, 0.29) is 17.6 Å². The smallest absolute Gasteiger partial charge is 0.268 e. The molecule has 0 bridgehead atoms. The topological polar surface area (TPSA) is 65.1 Å². The lowest BCUT2D eigenvalue weighted by atomic mass is 10.1. The number of ether oxygens (including phenoxy) is 1. The van der Waals surface area contributed by atoms with E-state index in [1.165, 1.54) is 29.9 Å². The van der Waals surface area contributed by atoms with Gasteiger partial charge < -0.3 is 19.9 Å². The molecule has 0 radical (unpaired) electrons. The molecule has 1 aromatic heterocycles. The number of piperidine rings is 1. The summed E-state index contributed by atoms with van der Waals surface area (Å²) in [4.78, 5) is 31.7. The average Bonchev–Trinajstić information content (AvgIpc) is 3.31. The summed E-state index contributed by atoms with van der Waals surface area (Å²) in [6.45, 7) is 7.47. The van der Waals surface area contributed by atoms with Crippen LogP contribution < -0.4 is 15.1 Å². The van der Waals surface area contributed by atoms with E-state index in [0.717, 1.165) is 25.3 Å². The number of benzene rings is 2. The Kier molecular flexibility index (Phi) is 7.38. The summed E-state index contributed by atoms with van der Waals surface area (Å²) in [5.41, 5.74) is 3.20. The summed E-state index contributed by atoms with van der Waals surface area (Å²) < 4.78 is 20.7. The molecule has 2 unspecified atom stereocenters. The highest BCUT2D eigenvalue weighted by Crippen LogP contribution is 2.52. The lowest BCUT2D eigenvalue weighted by Crippen LogP contribution is -2.37. The van der Waals surface area contributed by atoms with Gasteiger partial charge in [0, 0.05) is 57.6 Å². The number of thiophene rings is 1. The number of likely N-dealkylation sites (tertiary alicyclic amines) is 1. The number of amides is 2. The molecular weight excluding hydrogens is 515 g/mol. The van der Waals surface area contributed by atoms with Crippen molar-refractivity contribution >= 4 is 40.2 Å². The number of fused-ring (bicyclic) bond motifs is 1. The third-order valence-corrected chi connectivity index (χ3v) is 8.95. The molecule has 6 rings (SSSR count). The van der Waals surface area contributed by atoms with Crippen molar-refractivity contribution < 1.29 is 18.7 Å². The third-order valence-electron chi connectivity index (χ3n) is 8.09. The summed E-state index contributed by atoms with van der Waals surface area (Å²) in [5, 5.41) is 4.71. The Morgan fingerprint density at radius 2 is 1.82 bits per heavy atom. The molecule has 39 heavy (non-hydrogen) atoms. The summed E-state index contributed by atoms with van der Waals surface area (Å²) in [6, 6.07) is 16.9. The maximum absolute atomic E-state index is 15.3. The van der Waals surface area contributed by atoms with Gasteiger partial charge in [0.1, 0.15) is 5.82 Å². The maximum atomic E-state index is 15.3. The monoisotopic (exact) mass is 548 g/mol. The molecule has 2 atom stereocenters. The molecule has 3 aromatic rings. The first-order valence-electron chi connectivity index (χ1n) is 13.5. The van der Waals surface area contributed by atoms with Gasteiger partial charge in [0.2, 0.25) is 5.91 Å². The highest BCUT2D eigenvalue weighted by atomic mass is 32.1. The summed E-state index contributed by atoms with van der Waals surface area (Å²) in [6.07, 6.45) is 0. The summed E-state index contributed by atoms with van der Waals surface area (Å²) >= 11 is 1.42. The Hall–Kier alpha value is -3.27. The fourth-order valence-electron chi connectivity index (χ4n) is 6.07. The number of hydrogen-bond donors (Lipinski definition) is 1. The van der Waals surface area contributed by atoms with Crippen LogP contribution in [0.25, 0.3) is 0 Å². The normalized spacial score (nSPS) is 22.4. The van der Waals surface area contributed by atoms with Crippen LogP contribution in [-0.4, -0.2) is 62.7 Å². The zero-order valence-electron chi connectivity index (χ0n) is 22.0. The standard InChI is InChI=1S/C30H33FN4O3S/c1-20(36)32-22-6-4-21(5-7-22)16-33-17-24-25(18-33)26(24)19-35(30(37)29-3-2-14-39-29)23-8-9-28(27(31)15-23)34-10-12-38-13-11-34/h2-9,14-15,24-26H,10-13,16-19H2,1H3,(H,32,36). The van der Waals surface area contributed by atoms with Crippen LogP contribution in [0.5, 0.6) is 0 Å². The molecule has 1 N–H and O–H groups in total. The molecule has 7 nitrogen and oxygen atoms in total. The van der Waals surface area contributed by atoms with Crippen molar-refractivity contribution in [3.8, 4) is 0 Å². The Balaban J connectivity index is 1.12. The largest absolute Gasteiger partial charge is 0.378 e. The van der Waals surface area contributed by atoms with E-state index in [1.807, 2.05) is 40.6 Å². The van der Waals surface area contributed by atoms with Crippen molar-refractivity contribution in [2.24, 2.45) is 17.8 Å². The zero-order valence-corrected chi connectivity index (χ0v) is 22.8. The maximum Gasteiger partial charge on any atom is 0.268 e. The van der Waals surface area contributed by atoms with Gasteiger partial charge in [-0.05, 0) is 65.1 Å². The van der Waals surface area contributed by atoms with Crippen molar-refractivity contribution in [1.29, 1.82) is 0 Å². The number of morpholine rings is 1. The lowest BCUT2D eigenvalue weighted by Gasteiger charge is -2.30. The van der Waals surface area contributed by atoms with Gasteiger partial charge in [0.05, 0.1) is 23.8 Å². The predicted octanol–water partition coefficient (Wildman–Crippen LogP) is 4.71. The first-order chi connectivity index (χ1) is 19.0. The summed E-state index contributed by atoms with van der Waals surface area (Å²) in [7, 11) is 0. The molecule has 2 aromatic carbocycles. The molecule has 204 valence electrons. The van der Waals surface area contributed by atoms with Gasteiger partial charge >= 0.3 is 0 Å². The Morgan fingerprint density at radius 1 is 1.08 bits per heavy atom. The van der Waals surface area contributed by atoms with Crippen LogP contribution in [0.1, 0.15) is 22.2 Å². The zero-order chi connectivity index (χ0) is 26.9. The van der Waals surface area contributed by atoms with E-state index in [2.05, 4.69) is 22.3 Å². The van der Waals surface area contributed by atoms with Crippen molar-refractivity contribution in [3.05, 3.63) is 76.2 Å². The number of nitrogens with zero attached hydrogens (tertiary/aromatic N) is 3. The van der Waals surface area contributed by atoms with Gasteiger partial charge in [-0.3, -0.25) is 14.5 Å². The first kappa shape index (κ1) is 26.0. The number of carbonyl (C=O) groups excluding carboxylic acids is 2. The van der Waals surface area contributed by atoms with Crippen LogP contribution in [0.2, 0.25) is 0 Å². The third kappa shape index (κ3) is 5.71. The van der Waals surface area contributed by atoms with Gasteiger partial charge in [0.15, 0.2) is 0 Å². The van der Waals surface area contributed by atoms with E-state index in [9.17, 15) is 9.59 Å². The highest BCUT2D eigenvalue weighted by molar-refractivity contribution is 7.12. The Morgan fingerprint density at radius 3 is 2.46 bits per heavy atom. The number of halogens is 1. The van der Waals surface area contributed by atoms with Gasteiger partial charge in [0.25, 0.3) is 5.91 Å². The van der Waals surface area contributed by atoms with Crippen LogP contribution in [-0.2, 0) is 16.1 Å². The lowest BCUT2D eigenvalue weighted by molar-refractivity contribution is -0.114. The highest BCUT2D eigenvalue weighted by Gasteiger charge is 2.56. The Labute approximate surface area is 232 Å². The molecular formula is C30H33FN4O3S. The SMILES string of the molecule is CC(=O)Nc1ccc(CN2CC3C(C2)C3CN(C(=O)c2cccs2)c2ccc(N3CCOCC3)c(F)c2)cc1. The number of nitrogens with one attached hydrogen (secondary N) is 1. The molecule has 2 amide bonds. The molecule has 3 aliphatic rings. The van der Waals surface area contributed by atoms with Gasteiger partial charge in [-0.15, -0.1) is 11.3 Å². The van der Waals surface area contributed by atoms with Crippen LogP contribution in [0.15, 0.2) is 60.0 Å². The van der Waals surface area contributed by atoms with Gasteiger partial charge in [-0.1, -0.05) is 18.2 Å². The average molecular weight is 549 g/mol. The van der Waals surface area contributed by atoms with Crippen molar-refractivity contribution in [3.63, 3.8) is 0 Å². The summed E-state index contributed by atoms with van der Waals surface area (Å²) in [5.74, 6) is 1.05. The van der Waals surface area contributed by atoms with Crippen molar-refractivity contribution in [1.82, 2.24) is 4.90 Å². The number of anilines is 3. The van der Waals surface area contributed by atoms with Crippen LogP contribution >= 0.6 is 11.3 Å². The van der Waals surface area contributed by atoms with Crippen LogP contribution in [0.4, 0.5) is 21.5 Å². The fourth-order valence-corrected chi connectivity index (χ4v) is 6.74. The van der Waals surface area contributed by atoms with Crippen LogP contribution in [0.3, 0.4) is 0 Å². The second-order valence-corrected chi connectivity index (χ2v) is 11.6. The second-order valence-electron chi connectivity index (χ2n) is 10.7. The molecule has 3 fully saturated rings. The van der Waals surface area contributed by atoms with E-state index >= 15 is 4.39 Å². The van der Waals surface area contributed by atoms with Gasteiger partial charge in [-0.25, -0.2) is 4.39 Å². The minimum Gasteiger partial charge on any atom is -0.378 e. The van der Waals surface area contributed by atoms with E-state index in [0.29, 0.717) is 66.9 Å². The molecule has 2 saturated heterocycles. The number of carbonyl (C=O) groups is 2. The molecule has 3 heterocycles. The second kappa shape index (κ2) is 11.1. The predicted molar refractivity (Wildman–Crippen MR) is 152 cm³/mol. The van der Waals surface area contributed by atoms with Crippen LogP contribution in [0, 0.1) is 23.6 Å². The quantitative estimate of drug-likeness (QED) is 0.442. The fraction of sp³-hybridized carbons (Fsp3) is 0.400. The van der Waals surface area contributed by atoms with E-state index in [4.69, 9.17) is 4.74 Å². The van der Waals surface area contributed by atoms with Gasteiger partial charge in [-0.2, -0.15) is 0 Å². The van der Waals surface area contributed by atoms with E-state index < -0.39 is 0 Å². The number of hydrogen-bond acceptors (Lipinski definition) is 6. The first-order valence-corrected chi connectivity index (χ1v) is 14.4. The molecule has 9 heteroatoms. The molecule has 1 saturated carbocycles. The van der Waals surface area contributed by atoms with Crippen molar-refractivity contribution in [2.45, 2.75) is 13.5 Å². The molecule has 2 aliphatic heterocycles. The minimum atomic E-state index is -0.301. The Bertz CT molecular complexity index is 1310. The van der Waals surface area contributed by atoms with Crippen molar-refractivity contribution in [2.75, 3.05) is 61.1 Å². The van der Waals surface area contributed by atoms with E-state index in [1.54, 1.807) is 11.0 Å².